The SMILES string of the molecule is COc1ccc(C2C(C#N)=C(N)N(c3nnc(SCC#N)s3)C3=C2C(=O)CC(C)(C)C3)c(OC)c1OC. The highest BCUT2D eigenvalue weighted by atomic mass is 32.2. The van der Waals surface area contributed by atoms with E-state index in [1.165, 1.54) is 44.4 Å². The molecular formula is C25H26N6O4S2. The first-order valence-electron chi connectivity index (χ1n) is 11.3. The minimum atomic E-state index is -0.769. The predicted molar refractivity (Wildman–Crippen MR) is 139 cm³/mol. The van der Waals surface area contributed by atoms with Crippen LogP contribution >= 0.6 is 23.1 Å². The normalized spacial score (nSPS) is 18.7. The lowest BCUT2D eigenvalue weighted by Gasteiger charge is -2.42. The lowest BCUT2D eigenvalue weighted by Crippen LogP contribution is -2.42. The molecule has 1 aliphatic carbocycles. The number of ketones is 1. The Kier molecular flexibility index (Phi) is 7.35. The third kappa shape index (κ3) is 4.59. The van der Waals surface area contributed by atoms with Gasteiger partial charge in [-0.05, 0) is 17.9 Å². The van der Waals surface area contributed by atoms with E-state index in [0.717, 1.165) is 0 Å². The largest absolute Gasteiger partial charge is 0.493 e. The number of thioether (sulfide) groups is 1. The summed E-state index contributed by atoms with van der Waals surface area (Å²) in [4.78, 5) is 15.4. The molecule has 0 saturated carbocycles. The number of rotatable bonds is 7. The molecule has 2 heterocycles. The first-order valence-corrected chi connectivity index (χ1v) is 13.1. The monoisotopic (exact) mass is 538 g/mol. The second-order valence-electron chi connectivity index (χ2n) is 9.20. The first-order chi connectivity index (χ1) is 17.7. The van der Waals surface area contributed by atoms with Gasteiger partial charge >= 0.3 is 0 Å². The molecule has 0 bridgehead atoms. The lowest BCUT2D eigenvalue weighted by atomic mass is 9.68. The molecule has 4 rings (SSSR count). The maximum atomic E-state index is 13.8. The summed E-state index contributed by atoms with van der Waals surface area (Å²) in [5, 5.41) is 28.2. The minimum absolute atomic E-state index is 0.0815. The van der Waals surface area contributed by atoms with E-state index < -0.39 is 5.92 Å². The summed E-state index contributed by atoms with van der Waals surface area (Å²) in [7, 11) is 4.52. The summed E-state index contributed by atoms with van der Waals surface area (Å²) in [6.07, 6.45) is 0.837. The molecule has 0 amide bonds. The Balaban J connectivity index is 1.99. The molecule has 1 aliphatic heterocycles. The fourth-order valence-corrected chi connectivity index (χ4v) is 6.38. The zero-order chi connectivity index (χ0) is 26.9. The third-order valence-corrected chi connectivity index (χ3v) is 8.18. The van der Waals surface area contributed by atoms with Gasteiger partial charge in [-0.2, -0.15) is 10.5 Å². The highest BCUT2D eigenvalue weighted by Gasteiger charge is 2.46. The number of hydrogen-bond acceptors (Lipinski definition) is 12. The highest BCUT2D eigenvalue weighted by Crippen LogP contribution is 2.54. The number of nitrogens with zero attached hydrogens (tertiary/aromatic N) is 5. The molecule has 12 heteroatoms. The summed E-state index contributed by atoms with van der Waals surface area (Å²) in [5.74, 6) is 0.714. The van der Waals surface area contributed by atoms with Gasteiger partial charge in [-0.25, -0.2) is 0 Å². The topological polar surface area (TPSA) is 147 Å². The molecule has 10 nitrogen and oxygen atoms in total. The second kappa shape index (κ2) is 10.3. The number of carbonyl (C=O) groups excluding carboxylic acids is 1. The number of aromatic nitrogens is 2. The molecule has 2 aromatic rings. The average Bonchev–Trinajstić information content (AvgIpc) is 3.33. The quantitative estimate of drug-likeness (QED) is 0.508. The van der Waals surface area contributed by atoms with Crippen LogP contribution in [-0.4, -0.2) is 43.1 Å². The van der Waals surface area contributed by atoms with E-state index in [9.17, 15) is 10.1 Å². The molecule has 0 fully saturated rings. The van der Waals surface area contributed by atoms with Crippen molar-refractivity contribution in [1.82, 2.24) is 10.2 Å². The summed E-state index contributed by atoms with van der Waals surface area (Å²) in [6.45, 7) is 4.04. The number of hydrogen-bond donors (Lipinski definition) is 1. The first kappa shape index (κ1) is 26.3. The molecular weight excluding hydrogens is 512 g/mol. The van der Waals surface area contributed by atoms with Gasteiger partial charge in [-0.1, -0.05) is 43.0 Å². The van der Waals surface area contributed by atoms with Gasteiger partial charge in [0.15, 0.2) is 21.6 Å². The molecule has 192 valence electrons. The van der Waals surface area contributed by atoms with Gasteiger partial charge in [0.2, 0.25) is 10.9 Å². The van der Waals surface area contributed by atoms with Crippen LogP contribution in [0.1, 0.15) is 38.2 Å². The molecule has 0 spiro atoms. The van der Waals surface area contributed by atoms with Crippen molar-refractivity contribution in [2.75, 3.05) is 32.0 Å². The Morgan fingerprint density at radius 1 is 1.16 bits per heavy atom. The van der Waals surface area contributed by atoms with Crippen LogP contribution in [-0.2, 0) is 4.79 Å². The van der Waals surface area contributed by atoms with E-state index in [4.69, 9.17) is 25.2 Å². The van der Waals surface area contributed by atoms with E-state index in [0.29, 0.717) is 56.4 Å². The summed E-state index contributed by atoms with van der Waals surface area (Å²) in [5.41, 5.74) is 8.25. The van der Waals surface area contributed by atoms with Gasteiger partial charge in [-0.15, -0.1) is 10.2 Å². The number of carbonyl (C=O) groups is 1. The summed E-state index contributed by atoms with van der Waals surface area (Å²) >= 11 is 2.52. The van der Waals surface area contributed by atoms with Gasteiger partial charge in [0, 0.05) is 23.3 Å². The van der Waals surface area contributed by atoms with E-state index in [1.54, 1.807) is 17.0 Å². The molecule has 0 radical (unpaired) electrons. The highest BCUT2D eigenvalue weighted by molar-refractivity contribution is 8.01. The predicted octanol–water partition coefficient (Wildman–Crippen LogP) is 4.12. The smallest absolute Gasteiger partial charge is 0.219 e. The molecule has 2 N–H and O–H groups in total. The fourth-order valence-electron chi connectivity index (χ4n) is 4.84. The molecule has 1 unspecified atom stereocenters. The van der Waals surface area contributed by atoms with Gasteiger partial charge in [0.25, 0.3) is 0 Å². The Morgan fingerprint density at radius 2 is 1.89 bits per heavy atom. The zero-order valence-electron chi connectivity index (χ0n) is 21.1. The number of Topliss-reactive ketones (excluding diaryl/α,β-unsaturated/α-hetero) is 1. The van der Waals surface area contributed by atoms with Crippen LogP contribution in [0.25, 0.3) is 0 Å². The van der Waals surface area contributed by atoms with E-state index in [1.807, 2.05) is 13.8 Å². The van der Waals surface area contributed by atoms with Gasteiger partial charge in [0.05, 0.1) is 50.7 Å². The van der Waals surface area contributed by atoms with Crippen molar-refractivity contribution in [1.29, 1.82) is 10.5 Å². The molecule has 1 atom stereocenters. The molecule has 2 aliphatic rings. The third-order valence-electron chi connectivity index (χ3n) is 6.27. The Bertz CT molecular complexity index is 1400. The molecule has 1 aromatic heterocycles. The van der Waals surface area contributed by atoms with Crippen LogP contribution in [0, 0.1) is 28.1 Å². The molecule has 1 aromatic carbocycles. The van der Waals surface area contributed by atoms with Gasteiger partial charge < -0.3 is 19.9 Å². The van der Waals surface area contributed by atoms with Crippen LogP contribution in [0.3, 0.4) is 0 Å². The van der Waals surface area contributed by atoms with E-state index in [2.05, 4.69) is 22.3 Å². The van der Waals surface area contributed by atoms with Crippen molar-refractivity contribution in [3.8, 4) is 29.4 Å². The standard InChI is InChI=1S/C25H26N6O4S2/c1-25(2)10-15-19(16(32)11-25)18(13-6-7-17(33-3)21(35-5)20(13)34-4)14(12-27)22(28)31(15)23-29-30-24(37-23)36-9-8-26/h6-7,18H,9-11,28H2,1-5H3. The van der Waals surface area contributed by atoms with Crippen molar-refractivity contribution < 1.29 is 19.0 Å². The summed E-state index contributed by atoms with van der Waals surface area (Å²) in [6, 6.07) is 7.80. The van der Waals surface area contributed by atoms with Crippen LogP contribution in [0.5, 0.6) is 17.2 Å². The maximum absolute atomic E-state index is 13.8. The lowest BCUT2D eigenvalue weighted by molar-refractivity contribution is -0.118. The number of benzene rings is 1. The number of allylic oxidation sites excluding steroid dienone is 3. The summed E-state index contributed by atoms with van der Waals surface area (Å²) < 4.78 is 17.3. The number of methoxy groups -OCH3 is 3. The number of anilines is 1. The van der Waals surface area contributed by atoms with E-state index in [-0.39, 0.29) is 28.3 Å². The Labute approximate surface area is 223 Å². The van der Waals surface area contributed by atoms with Crippen LogP contribution in [0.4, 0.5) is 5.13 Å². The van der Waals surface area contributed by atoms with Crippen molar-refractivity contribution in [2.45, 2.75) is 36.9 Å². The van der Waals surface area contributed by atoms with Crippen molar-refractivity contribution in [3.63, 3.8) is 0 Å². The Morgan fingerprint density at radius 3 is 2.51 bits per heavy atom. The Hall–Kier alpha value is -3.74. The molecule has 0 saturated heterocycles. The van der Waals surface area contributed by atoms with Crippen molar-refractivity contribution >= 4 is 34.0 Å². The number of nitriles is 2. The van der Waals surface area contributed by atoms with E-state index >= 15 is 0 Å². The van der Waals surface area contributed by atoms with Crippen LogP contribution in [0.15, 0.2) is 39.1 Å². The number of nitrogens with two attached hydrogens (primary N) is 1. The fraction of sp³-hybridized carbons (Fsp3) is 0.400. The van der Waals surface area contributed by atoms with Gasteiger partial charge in [-0.3, -0.25) is 9.69 Å². The average molecular weight is 539 g/mol. The minimum Gasteiger partial charge on any atom is -0.493 e. The number of ether oxygens (including phenoxy) is 3. The molecule has 37 heavy (non-hydrogen) atoms. The van der Waals surface area contributed by atoms with Crippen molar-refractivity contribution in [2.24, 2.45) is 11.1 Å². The zero-order valence-corrected chi connectivity index (χ0v) is 22.7. The second-order valence-corrected chi connectivity index (χ2v) is 11.4. The van der Waals surface area contributed by atoms with Gasteiger partial charge in [0.1, 0.15) is 5.82 Å². The maximum Gasteiger partial charge on any atom is 0.219 e. The van der Waals surface area contributed by atoms with Crippen LogP contribution < -0.4 is 24.8 Å². The van der Waals surface area contributed by atoms with Crippen LogP contribution in [0.2, 0.25) is 0 Å². The van der Waals surface area contributed by atoms with Crippen molar-refractivity contribution in [3.05, 3.63) is 40.4 Å².